The first-order valence-corrected chi connectivity index (χ1v) is 4.87. The molecule has 0 radical (unpaired) electrons. The van der Waals surface area contributed by atoms with Crippen molar-refractivity contribution < 1.29 is 0 Å². The molecule has 1 N–H and O–H groups in total. The fourth-order valence-corrected chi connectivity index (χ4v) is 1.85. The monoisotopic (exact) mass is 155 g/mol. The predicted molar refractivity (Wildman–Crippen MR) is 49.6 cm³/mol. The van der Waals surface area contributed by atoms with Crippen molar-refractivity contribution in [2.24, 2.45) is 11.8 Å². The van der Waals surface area contributed by atoms with Crippen molar-refractivity contribution in [3.63, 3.8) is 0 Å². The highest BCUT2D eigenvalue weighted by Gasteiger charge is 2.27. The van der Waals surface area contributed by atoms with E-state index < -0.39 is 0 Å². The number of nitrogens with one attached hydrogen (secondary N) is 1. The largest absolute Gasteiger partial charge is 0.311 e. The zero-order chi connectivity index (χ0) is 8.43. The third-order valence-electron chi connectivity index (χ3n) is 2.83. The van der Waals surface area contributed by atoms with E-state index in [1.807, 2.05) is 0 Å². The van der Waals surface area contributed by atoms with Crippen LogP contribution < -0.4 is 5.32 Å². The van der Waals surface area contributed by atoms with E-state index in [1.165, 1.54) is 12.8 Å². The van der Waals surface area contributed by atoms with Crippen LogP contribution in [0.2, 0.25) is 0 Å². The smallest absolute Gasteiger partial charge is 0.00933 e. The summed E-state index contributed by atoms with van der Waals surface area (Å²) in [6, 6.07) is 1.56. The Kier molecular flexibility index (Phi) is 2.94. The fraction of sp³-hybridized carbons (Fsp3) is 1.00. The van der Waals surface area contributed by atoms with Crippen LogP contribution in [0.5, 0.6) is 0 Å². The van der Waals surface area contributed by atoms with Gasteiger partial charge in [0.2, 0.25) is 0 Å². The minimum Gasteiger partial charge on any atom is -0.311 e. The molecule has 11 heavy (non-hydrogen) atoms. The van der Waals surface area contributed by atoms with Gasteiger partial charge in [-0.1, -0.05) is 27.7 Å². The Hall–Kier alpha value is -0.0400. The van der Waals surface area contributed by atoms with Gasteiger partial charge in [-0.2, -0.15) is 0 Å². The molecule has 1 unspecified atom stereocenters. The quantitative estimate of drug-likeness (QED) is 0.645. The second kappa shape index (κ2) is 3.57. The molecule has 0 aliphatic carbocycles. The molecular weight excluding hydrogens is 134 g/mol. The van der Waals surface area contributed by atoms with Crippen LogP contribution in [0.4, 0.5) is 0 Å². The van der Waals surface area contributed by atoms with Gasteiger partial charge in [-0.15, -0.1) is 0 Å². The summed E-state index contributed by atoms with van der Waals surface area (Å²) in [5.41, 5.74) is 0. The van der Waals surface area contributed by atoms with E-state index in [0.717, 1.165) is 23.9 Å². The van der Waals surface area contributed by atoms with E-state index in [2.05, 4.69) is 33.0 Å². The zero-order valence-electron chi connectivity index (χ0n) is 8.22. The molecule has 0 aromatic heterocycles. The Balaban J connectivity index is 2.35. The van der Waals surface area contributed by atoms with Crippen molar-refractivity contribution in [1.29, 1.82) is 0 Å². The third kappa shape index (κ3) is 2.19. The summed E-state index contributed by atoms with van der Waals surface area (Å²) in [5.74, 6) is 1.61. The first kappa shape index (κ1) is 9.05. The zero-order valence-corrected chi connectivity index (χ0v) is 8.22. The van der Waals surface area contributed by atoms with Gasteiger partial charge in [-0.05, 0) is 24.7 Å². The van der Waals surface area contributed by atoms with E-state index in [4.69, 9.17) is 0 Å². The summed E-state index contributed by atoms with van der Waals surface area (Å²) >= 11 is 0. The topological polar surface area (TPSA) is 12.0 Å². The average Bonchev–Trinajstić information content (AvgIpc) is 2.33. The minimum absolute atomic E-state index is 0.780. The molecular formula is C10H21N. The van der Waals surface area contributed by atoms with Crippen LogP contribution in [0.3, 0.4) is 0 Å². The molecule has 0 aromatic rings. The Morgan fingerprint density at radius 2 is 1.27 bits per heavy atom. The molecule has 0 bridgehead atoms. The lowest BCUT2D eigenvalue weighted by molar-refractivity contribution is 0.386. The minimum atomic E-state index is 0.780. The van der Waals surface area contributed by atoms with Crippen molar-refractivity contribution >= 4 is 0 Å². The highest BCUT2D eigenvalue weighted by atomic mass is 15.0. The molecule has 1 heteroatoms. The van der Waals surface area contributed by atoms with Gasteiger partial charge in [0.25, 0.3) is 0 Å². The van der Waals surface area contributed by atoms with Crippen LogP contribution in [-0.4, -0.2) is 12.1 Å². The second-order valence-corrected chi connectivity index (χ2v) is 4.45. The van der Waals surface area contributed by atoms with Crippen LogP contribution in [-0.2, 0) is 0 Å². The van der Waals surface area contributed by atoms with Gasteiger partial charge in [0.15, 0.2) is 0 Å². The van der Waals surface area contributed by atoms with Crippen LogP contribution in [0, 0.1) is 11.8 Å². The lowest BCUT2D eigenvalue weighted by Gasteiger charge is -2.19. The Morgan fingerprint density at radius 1 is 0.909 bits per heavy atom. The number of rotatable bonds is 2. The molecule has 0 spiro atoms. The first-order valence-electron chi connectivity index (χ1n) is 4.87. The summed E-state index contributed by atoms with van der Waals surface area (Å²) in [5, 5.41) is 3.69. The van der Waals surface area contributed by atoms with Crippen molar-refractivity contribution in [2.75, 3.05) is 0 Å². The molecule has 1 saturated heterocycles. The Labute approximate surface area is 70.6 Å². The molecule has 1 rings (SSSR count). The molecule has 1 aliphatic heterocycles. The van der Waals surface area contributed by atoms with Gasteiger partial charge in [0.1, 0.15) is 0 Å². The normalized spacial score (nSPS) is 32.2. The van der Waals surface area contributed by atoms with E-state index in [0.29, 0.717) is 0 Å². The lowest BCUT2D eigenvalue weighted by atomic mass is 10.0. The average molecular weight is 155 g/mol. The summed E-state index contributed by atoms with van der Waals surface area (Å²) < 4.78 is 0. The highest BCUT2D eigenvalue weighted by molar-refractivity contribution is 4.86. The van der Waals surface area contributed by atoms with Gasteiger partial charge in [-0.25, -0.2) is 0 Å². The standard InChI is InChI=1S/C10H21N/c1-7(2)9-5-6-10(11-9)8(3)4/h7-11H,5-6H2,1-4H3/t9-,10?/m1/s1. The molecule has 66 valence electrons. The molecule has 1 aliphatic rings. The highest BCUT2D eigenvalue weighted by Crippen LogP contribution is 2.22. The second-order valence-electron chi connectivity index (χ2n) is 4.45. The Bertz CT molecular complexity index is 104. The van der Waals surface area contributed by atoms with Crippen LogP contribution in [0.25, 0.3) is 0 Å². The maximum absolute atomic E-state index is 3.69. The number of hydrogen-bond donors (Lipinski definition) is 1. The van der Waals surface area contributed by atoms with Gasteiger partial charge in [0.05, 0.1) is 0 Å². The molecule has 0 aromatic carbocycles. The number of hydrogen-bond acceptors (Lipinski definition) is 1. The summed E-state index contributed by atoms with van der Waals surface area (Å²) in [4.78, 5) is 0. The lowest BCUT2D eigenvalue weighted by Crippen LogP contribution is -2.35. The summed E-state index contributed by atoms with van der Waals surface area (Å²) in [6.07, 6.45) is 2.75. The van der Waals surface area contributed by atoms with Gasteiger partial charge >= 0.3 is 0 Å². The van der Waals surface area contributed by atoms with Gasteiger partial charge in [0, 0.05) is 12.1 Å². The van der Waals surface area contributed by atoms with Crippen molar-refractivity contribution in [2.45, 2.75) is 52.6 Å². The molecule has 0 saturated carbocycles. The molecule has 0 amide bonds. The molecule has 1 heterocycles. The van der Waals surface area contributed by atoms with E-state index >= 15 is 0 Å². The van der Waals surface area contributed by atoms with Crippen LogP contribution in [0.1, 0.15) is 40.5 Å². The molecule has 1 fully saturated rings. The van der Waals surface area contributed by atoms with Gasteiger partial charge in [-0.3, -0.25) is 0 Å². The van der Waals surface area contributed by atoms with Gasteiger partial charge < -0.3 is 5.32 Å². The maximum Gasteiger partial charge on any atom is 0.00933 e. The first-order chi connectivity index (χ1) is 5.11. The predicted octanol–water partition coefficient (Wildman–Crippen LogP) is 2.42. The van der Waals surface area contributed by atoms with E-state index in [1.54, 1.807) is 0 Å². The van der Waals surface area contributed by atoms with Crippen LogP contribution >= 0.6 is 0 Å². The molecule has 1 nitrogen and oxygen atoms in total. The van der Waals surface area contributed by atoms with E-state index in [-0.39, 0.29) is 0 Å². The van der Waals surface area contributed by atoms with Crippen molar-refractivity contribution in [1.82, 2.24) is 5.32 Å². The maximum atomic E-state index is 3.69. The van der Waals surface area contributed by atoms with Crippen molar-refractivity contribution in [3.05, 3.63) is 0 Å². The SMILES string of the molecule is CC(C)C1CC[C@H](C(C)C)N1. The van der Waals surface area contributed by atoms with Crippen molar-refractivity contribution in [3.8, 4) is 0 Å². The third-order valence-corrected chi connectivity index (χ3v) is 2.83. The molecule has 2 atom stereocenters. The summed E-state index contributed by atoms with van der Waals surface area (Å²) in [7, 11) is 0. The van der Waals surface area contributed by atoms with Crippen LogP contribution in [0.15, 0.2) is 0 Å². The van der Waals surface area contributed by atoms with E-state index in [9.17, 15) is 0 Å². The summed E-state index contributed by atoms with van der Waals surface area (Å²) in [6.45, 7) is 9.22. The Morgan fingerprint density at radius 3 is 1.45 bits per heavy atom. The fourth-order valence-electron chi connectivity index (χ4n) is 1.85.